The van der Waals surface area contributed by atoms with Crippen molar-refractivity contribution in [1.82, 2.24) is 0 Å². The smallest absolute Gasteiger partial charge is 0.116 e. The molecule has 0 saturated heterocycles. The number of rotatable bonds is 0. The first kappa shape index (κ1) is 9.34. The summed E-state index contributed by atoms with van der Waals surface area (Å²) in [5.41, 5.74) is 8.25. The standard InChI is InChI=1S/C11H16N2O/c1-13-6-2-3-10(12)9-7-8(14)4-5-11(9)13/h4-5,7,10,14H,2-3,6,12H2,1H3. The number of phenols is 1. The van der Waals surface area contributed by atoms with E-state index in [0.29, 0.717) is 5.75 Å². The number of phenolic OH excluding ortho intramolecular Hbond substituents is 1. The van der Waals surface area contributed by atoms with E-state index in [1.54, 1.807) is 12.1 Å². The van der Waals surface area contributed by atoms with E-state index >= 15 is 0 Å². The fourth-order valence-electron chi connectivity index (χ4n) is 2.01. The minimum Gasteiger partial charge on any atom is -0.508 e. The normalized spacial score (nSPS) is 21.6. The summed E-state index contributed by atoms with van der Waals surface area (Å²) in [5, 5.41) is 9.41. The molecule has 1 aliphatic heterocycles. The monoisotopic (exact) mass is 192 g/mol. The van der Waals surface area contributed by atoms with Crippen LogP contribution >= 0.6 is 0 Å². The van der Waals surface area contributed by atoms with Crippen molar-refractivity contribution in [1.29, 1.82) is 0 Å². The van der Waals surface area contributed by atoms with Gasteiger partial charge in [0.25, 0.3) is 0 Å². The molecule has 76 valence electrons. The van der Waals surface area contributed by atoms with Crippen molar-refractivity contribution in [3.8, 4) is 5.75 Å². The third-order valence-electron chi connectivity index (χ3n) is 2.83. The van der Waals surface area contributed by atoms with Crippen molar-refractivity contribution in [2.24, 2.45) is 5.73 Å². The van der Waals surface area contributed by atoms with E-state index in [9.17, 15) is 5.11 Å². The maximum absolute atomic E-state index is 9.41. The zero-order valence-electron chi connectivity index (χ0n) is 8.40. The average Bonchev–Trinajstić information content (AvgIpc) is 2.28. The molecule has 1 unspecified atom stereocenters. The molecule has 0 fully saturated rings. The first-order valence-electron chi connectivity index (χ1n) is 4.98. The van der Waals surface area contributed by atoms with Gasteiger partial charge in [-0.25, -0.2) is 0 Å². The van der Waals surface area contributed by atoms with E-state index in [1.807, 2.05) is 6.07 Å². The first-order chi connectivity index (χ1) is 6.68. The number of nitrogens with two attached hydrogens (primary N) is 1. The number of hydrogen-bond donors (Lipinski definition) is 2. The summed E-state index contributed by atoms with van der Waals surface area (Å²) in [7, 11) is 2.06. The minimum absolute atomic E-state index is 0.0575. The molecule has 0 spiro atoms. The number of aromatic hydroxyl groups is 1. The summed E-state index contributed by atoms with van der Waals surface area (Å²) in [4.78, 5) is 2.20. The molecule has 0 amide bonds. The van der Waals surface area contributed by atoms with Gasteiger partial charge in [0.1, 0.15) is 5.75 Å². The number of benzene rings is 1. The topological polar surface area (TPSA) is 49.5 Å². The molecule has 0 bridgehead atoms. The number of anilines is 1. The SMILES string of the molecule is CN1CCCC(N)c2cc(O)ccc21. The lowest BCUT2D eigenvalue weighted by Gasteiger charge is -2.20. The molecule has 1 heterocycles. The van der Waals surface area contributed by atoms with Gasteiger partial charge >= 0.3 is 0 Å². The van der Waals surface area contributed by atoms with Crippen LogP contribution in [0.5, 0.6) is 5.75 Å². The lowest BCUT2D eigenvalue weighted by molar-refractivity contribution is 0.473. The van der Waals surface area contributed by atoms with Gasteiger partial charge in [-0.2, -0.15) is 0 Å². The van der Waals surface area contributed by atoms with Crippen LogP contribution in [0.4, 0.5) is 5.69 Å². The van der Waals surface area contributed by atoms with Gasteiger partial charge in [0.2, 0.25) is 0 Å². The average molecular weight is 192 g/mol. The molecule has 3 N–H and O–H groups in total. The maximum atomic E-state index is 9.41. The number of hydrogen-bond acceptors (Lipinski definition) is 3. The molecule has 3 nitrogen and oxygen atoms in total. The summed E-state index contributed by atoms with van der Waals surface area (Å²) >= 11 is 0. The fourth-order valence-corrected chi connectivity index (χ4v) is 2.01. The van der Waals surface area contributed by atoms with E-state index < -0.39 is 0 Å². The quantitative estimate of drug-likeness (QED) is 0.656. The second-order valence-corrected chi connectivity index (χ2v) is 3.91. The summed E-state index contributed by atoms with van der Waals surface area (Å²) in [6, 6.07) is 5.49. The summed E-state index contributed by atoms with van der Waals surface area (Å²) in [6.07, 6.45) is 2.09. The Kier molecular flexibility index (Phi) is 2.33. The van der Waals surface area contributed by atoms with Crippen LogP contribution in [0.25, 0.3) is 0 Å². The van der Waals surface area contributed by atoms with Crippen molar-refractivity contribution in [3.05, 3.63) is 23.8 Å². The van der Waals surface area contributed by atoms with Crippen molar-refractivity contribution in [2.75, 3.05) is 18.5 Å². The highest BCUT2D eigenvalue weighted by Gasteiger charge is 2.18. The predicted molar refractivity (Wildman–Crippen MR) is 57.5 cm³/mol. The van der Waals surface area contributed by atoms with Gasteiger partial charge in [-0.15, -0.1) is 0 Å². The molecule has 1 aliphatic rings. The van der Waals surface area contributed by atoms with Gasteiger partial charge in [-0.3, -0.25) is 0 Å². The highest BCUT2D eigenvalue weighted by molar-refractivity contribution is 5.57. The Balaban J connectivity index is 2.48. The molecule has 1 aromatic rings. The van der Waals surface area contributed by atoms with Gasteiger partial charge in [-0.1, -0.05) is 0 Å². The Labute approximate surface area is 84.1 Å². The summed E-state index contributed by atoms with van der Waals surface area (Å²) < 4.78 is 0. The van der Waals surface area contributed by atoms with Crippen LogP contribution < -0.4 is 10.6 Å². The lowest BCUT2D eigenvalue weighted by atomic mass is 10.0. The predicted octanol–water partition coefficient (Wildman–Crippen LogP) is 1.62. The van der Waals surface area contributed by atoms with Crippen molar-refractivity contribution < 1.29 is 5.11 Å². The second kappa shape index (κ2) is 3.50. The van der Waals surface area contributed by atoms with Gasteiger partial charge < -0.3 is 15.7 Å². The third-order valence-corrected chi connectivity index (χ3v) is 2.83. The Hall–Kier alpha value is -1.22. The molecule has 0 aromatic heterocycles. The summed E-state index contributed by atoms with van der Waals surface area (Å²) in [6.45, 7) is 1.03. The molecule has 0 saturated carbocycles. The first-order valence-corrected chi connectivity index (χ1v) is 4.98. The van der Waals surface area contributed by atoms with E-state index in [4.69, 9.17) is 5.73 Å². The highest BCUT2D eigenvalue weighted by atomic mass is 16.3. The van der Waals surface area contributed by atoms with Crippen molar-refractivity contribution in [3.63, 3.8) is 0 Å². The lowest BCUT2D eigenvalue weighted by Crippen LogP contribution is -2.17. The van der Waals surface area contributed by atoms with Crippen LogP contribution in [0.1, 0.15) is 24.4 Å². The van der Waals surface area contributed by atoms with Crippen LogP contribution in [0.3, 0.4) is 0 Å². The van der Waals surface area contributed by atoms with Crippen LogP contribution in [0.2, 0.25) is 0 Å². The molecule has 0 aliphatic carbocycles. The molecular formula is C11H16N2O. The van der Waals surface area contributed by atoms with Crippen molar-refractivity contribution in [2.45, 2.75) is 18.9 Å². The van der Waals surface area contributed by atoms with E-state index in [2.05, 4.69) is 11.9 Å². The zero-order valence-corrected chi connectivity index (χ0v) is 8.40. The van der Waals surface area contributed by atoms with Gasteiger partial charge in [-0.05, 0) is 36.6 Å². The van der Waals surface area contributed by atoms with E-state index in [1.165, 1.54) is 0 Å². The number of nitrogens with zero attached hydrogens (tertiary/aromatic N) is 1. The molecule has 3 heteroatoms. The van der Waals surface area contributed by atoms with Gasteiger partial charge in [0.05, 0.1) is 0 Å². The van der Waals surface area contributed by atoms with E-state index in [0.717, 1.165) is 30.6 Å². The van der Waals surface area contributed by atoms with Crippen LogP contribution in [-0.4, -0.2) is 18.7 Å². The van der Waals surface area contributed by atoms with E-state index in [-0.39, 0.29) is 6.04 Å². The maximum Gasteiger partial charge on any atom is 0.116 e. The molecule has 1 aromatic carbocycles. The van der Waals surface area contributed by atoms with Crippen LogP contribution in [0.15, 0.2) is 18.2 Å². The highest BCUT2D eigenvalue weighted by Crippen LogP contribution is 2.32. The molecule has 1 atom stereocenters. The third kappa shape index (κ3) is 1.55. The largest absolute Gasteiger partial charge is 0.508 e. The number of fused-ring (bicyclic) bond motifs is 1. The Morgan fingerprint density at radius 1 is 1.50 bits per heavy atom. The zero-order chi connectivity index (χ0) is 10.1. The molecular weight excluding hydrogens is 176 g/mol. The Morgan fingerprint density at radius 2 is 2.29 bits per heavy atom. The van der Waals surface area contributed by atoms with Crippen LogP contribution in [0, 0.1) is 0 Å². The molecule has 0 radical (unpaired) electrons. The second-order valence-electron chi connectivity index (χ2n) is 3.91. The molecule has 2 rings (SSSR count). The Bertz CT molecular complexity index is 338. The van der Waals surface area contributed by atoms with Crippen LogP contribution in [-0.2, 0) is 0 Å². The fraction of sp³-hybridized carbons (Fsp3) is 0.455. The van der Waals surface area contributed by atoms with Gasteiger partial charge in [0, 0.05) is 25.3 Å². The minimum atomic E-state index is 0.0575. The molecule has 14 heavy (non-hydrogen) atoms. The Morgan fingerprint density at radius 3 is 3.07 bits per heavy atom. The van der Waals surface area contributed by atoms with Crippen molar-refractivity contribution >= 4 is 5.69 Å². The summed E-state index contributed by atoms with van der Waals surface area (Å²) in [5.74, 6) is 0.300. The van der Waals surface area contributed by atoms with Gasteiger partial charge in [0.15, 0.2) is 0 Å².